The SMILES string of the molecule is CN(C(=O)C1CC(C(=O)N(C)c2ccc(-c3cccc(Br)c3)nc2)CC(C(=O)N(C)c2ccc(-c3cccc(Br)c3)nc2)C1)c1ccc(-c2cccc(Br)c2)nc1. The molecule has 57 heavy (non-hydrogen) atoms. The smallest absolute Gasteiger partial charge is 0.229 e. The molecule has 0 unspecified atom stereocenters. The fourth-order valence-electron chi connectivity index (χ4n) is 7.34. The van der Waals surface area contributed by atoms with Crippen LogP contribution >= 0.6 is 47.8 Å². The van der Waals surface area contributed by atoms with Crippen molar-refractivity contribution in [1.82, 2.24) is 15.0 Å². The topological polar surface area (TPSA) is 99.6 Å². The van der Waals surface area contributed by atoms with Gasteiger partial charge in [0, 0.05) is 69.0 Å². The van der Waals surface area contributed by atoms with Crippen LogP contribution in [0.15, 0.2) is 141 Å². The number of pyridine rings is 3. The van der Waals surface area contributed by atoms with Crippen LogP contribution in [0.25, 0.3) is 33.8 Å². The average molecular weight is 952 g/mol. The maximum absolute atomic E-state index is 14.3. The summed E-state index contributed by atoms with van der Waals surface area (Å²) >= 11 is 10.6. The van der Waals surface area contributed by atoms with Crippen molar-refractivity contribution in [3.63, 3.8) is 0 Å². The molecular weight excluding hydrogens is 912 g/mol. The van der Waals surface area contributed by atoms with Crippen molar-refractivity contribution in [3.05, 3.63) is 141 Å². The summed E-state index contributed by atoms with van der Waals surface area (Å²) in [7, 11) is 5.15. The molecule has 0 N–H and O–H groups in total. The van der Waals surface area contributed by atoms with Gasteiger partial charge in [-0.15, -0.1) is 0 Å². The molecule has 3 aromatic heterocycles. The Morgan fingerprint density at radius 2 is 0.737 bits per heavy atom. The van der Waals surface area contributed by atoms with E-state index in [-0.39, 0.29) is 17.7 Å². The Morgan fingerprint density at radius 3 is 0.965 bits per heavy atom. The molecule has 6 aromatic rings. The number of rotatable bonds is 9. The summed E-state index contributed by atoms with van der Waals surface area (Å²) in [6.45, 7) is 0. The van der Waals surface area contributed by atoms with Gasteiger partial charge in [-0.2, -0.15) is 0 Å². The number of halogens is 3. The number of amides is 3. The molecule has 0 radical (unpaired) electrons. The van der Waals surface area contributed by atoms with E-state index < -0.39 is 17.8 Å². The molecule has 0 aliphatic heterocycles. The third kappa shape index (κ3) is 9.24. The molecule has 3 amide bonds. The quantitative estimate of drug-likeness (QED) is 0.143. The Balaban J connectivity index is 1.12. The summed E-state index contributed by atoms with van der Waals surface area (Å²) in [6.07, 6.45) is 5.94. The molecule has 7 rings (SSSR count). The lowest BCUT2D eigenvalue weighted by Gasteiger charge is -2.37. The van der Waals surface area contributed by atoms with Crippen LogP contribution in [0, 0.1) is 17.8 Å². The van der Waals surface area contributed by atoms with Crippen molar-refractivity contribution in [2.45, 2.75) is 19.3 Å². The monoisotopic (exact) mass is 948 g/mol. The summed E-state index contributed by atoms with van der Waals surface area (Å²) in [5.41, 5.74) is 7.04. The summed E-state index contributed by atoms with van der Waals surface area (Å²) in [4.78, 5) is 61.6. The van der Waals surface area contributed by atoms with E-state index in [1.165, 1.54) is 0 Å². The zero-order valence-corrected chi connectivity index (χ0v) is 36.3. The van der Waals surface area contributed by atoms with Gasteiger partial charge in [0.25, 0.3) is 0 Å². The zero-order valence-electron chi connectivity index (χ0n) is 31.5. The fraction of sp³-hybridized carbons (Fsp3) is 0.200. The molecule has 1 saturated carbocycles. The second-order valence-corrected chi connectivity index (χ2v) is 17.0. The van der Waals surface area contributed by atoms with E-state index in [0.29, 0.717) is 36.3 Å². The molecule has 9 nitrogen and oxygen atoms in total. The molecule has 288 valence electrons. The summed E-state index contributed by atoms with van der Waals surface area (Å²) < 4.78 is 2.84. The Bertz CT molecular complexity index is 2140. The van der Waals surface area contributed by atoms with Crippen molar-refractivity contribution in [1.29, 1.82) is 0 Å². The number of hydrogen-bond acceptors (Lipinski definition) is 6. The van der Waals surface area contributed by atoms with Gasteiger partial charge in [0.05, 0.1) is 52.7 Å². The van der Waals surface area contributed by atoms with Crippen LogP contribution in [-0.2, 0) is 14.4 Å². The molecule has 12 heteroatoms. The minimum atomic E-state index is -0.590. The van der Waals surface area contributed by atoms with Crippen LogP contribution in [0.5, 0.6) is 0 Å². The van der Waals surface area contributed by atoms with E-state index in [1.807, 2.05) is 109 Å². The van der Waals surface area contributed by atoms with Gasteiger partial charge in [0.15, 0.2) is 0 Å². The third-order valence-corrected chi connectivity index (χ3v) is 12.0. The molecular formula is C45H39Br3N6O3. The van der Waals surface area contributed by atoms with Crippen LogP contribution in [0.3, 0.4) is 0 Å². The first-order chi connectivity index (χ1) is 27.4. The first-order valence-corrected chi connectivity index (χ1v) is 20.8. The van der Waals surface area contributed by atoms with Crippen LogP contribution in [0.2, 0.25) is 0 Å². The van der Waals surface area contributed by atoms with Crippen molar-refractivity contribution in [2.75, 3.05) is 35.8 Å². The van der Waals surface area contributed by atoms with Gasteiger partial charge < -0.3 is 14.7 Å². The second-order valence-electron chi connectivity index (χ2n) is 14.2. The number of hydrogen-bond donors (Lipinski definition) is 0. The highest BCUT2D eigenvalue weighted by Gasteiger charge is 2.42. The summed E-state index contributed by atoms with van der Waals surface area (Å²) in [6, 6.07) is 34.9. The van der Waals surface area contributed by atoms with E-state index in [1.54, 1.807) is 54.4 Å². The van der Waals surface area contributed by atoms with Gasteiger partial charge in [-0.25, -0.2) is 0 Å². The molecule has 1 aliphatic rings. The largest absolute Gasteiger partial charge is 0.314 e. The van der Waals surface area contributed by atoms with Crippen molar-refractivity contribution in [3.8, 4) is 33.8 Å². The normalized spacial score (nSPS) is 16.4. The van der Waals surface area contributed by atoms with Crippen molar-refractivity contribution in [2.24, 2.45) is 17.8 Å². The van der Waals surface area contributed by atoms with Gasteiger partial charge in [-0.05, 0) is 92.1 Å². The second kappa shape index (κ2) is 17.6. The van der Waals surface area contributed by atoms with E-state index in [2.05, 4.69) is 62.7 Å². The van der Waals surface area contributed by atoms with Gasteiger partial charge in [0.2, 0.25) is 17.7 Å². The molecule has 3 aromatic carbocycles. The van der Waals surface area contributed by atoms with Crippen LogP contribution < -0.4 is 14.7 Å². The van der Waals surface area contributed by atoms with Crippen molar-refractivity contribution < 1.29 is 14.4 Å². The summed E-state index contributed by atoms with van der Waals surface area (Å²) in [5.74, 6) is -2.29. The van der Waals surface area contributed by atoms with Crippen LogP contribution in [-0.4, -0.2) is 53.8 Å². The predicted molar refractivity (Wildman–Crippen MR) is 237 cm³/mol. The maximum atomic E-state index is 14.3. The highest BCUT2D eigenvalue weighted by Crippen LogP contribution is 2.39. The van der Waals surface area contributed by atoms with Crippen LogP contribution in [0.1, 0.15) is 19.3 Å². The molecule has 0 bridgehead atoms. The van der Waals surface area contributed by atoms with E-state index in [4.69, 9.17) is 0 Å². The van der Waals surface area contributed by atoms with Gasteiger partial charge in [-0.1, -0.05) is 84.2 Å². The Labute approximate surface area is 357 Å². The number of benzene rings is 3. The number of carbonyl (C=O) groups excluding carboxylic acids is 3. The third-order valence-electron chi connectivity index (χ3n) is 10.5. The first kappa shape index (κ1) is 40.2. The lowest BCUT2D eigenvalue weighted by atomic mass is 9.73. The number of carbonyl (C=O) groups is 3. The highest BCUT2D eigenvalue weighted by molar-refractivity contribution is 9.11. The average Bonchev–Trinajstić information content (AvgIpc) is 3.25. The van der Waals surface area contributed by atoms with Gasteiger partial charge in [-0.3, -0.25) is 29.3 Å². The van der Waals surface area contributed by atoms with Gasteiger partial charge >= 0.3 is 0 Å². The lowest BCUT2D eigenvalue weighted by molar-refractivity contribution is -0.131. The fourth-order valence-corrected chi connectivity index (χ4v) is 8.53. The van der Waals surface area contributed by atoms with Gasteiger partial charge in [0.1, 0.15) is 0 Å². The van der Waals surface area contributed by atoms with E-state index in [9.17, 15) is 14.4 Å². The molecule has 0 atom stereocenters. The Morgan fingerprint density at radius 1 is 0.456 bits per heavy atom. The van der Waals surface area contributed by atoms with E-state index in [0.717, 1.165) is 47.2 Å². The highest BCUT2D eigenvalue weighted by atomic mass is 79.9. The molecule has 3 heterocycles. The standard InChI is InChI=1S/C45H39Br3N6O3/c1-52(37-13-16-40(49-25-37)28-7-4-10-34(46)22-28)43(55)31-19-32(44(56)53(2)38-14-17-41(50-26-38)29-8-5-11-35(47)23-29)21-33(20-31)45(57)54(3)39-15-18-42(51-27-39)30-9-6-12-36(48)24-30/h4-18,22-27,31-33H,19-21H2,1-3H3. The molecule has 1 aliphatic carbocycles. The minimum absolute atomic E-state index is 0.173. The minimum Gasteiger partial charge on any atom is -0.314 e. The first-order valence-electron chi connectivity index (χ1n) is 18.4. The number of anilines is 3. The molecule has 0 saturated heterocycles. The summed E-state index contributed by atoms with van der Waals surface area (Å²) in [5, 5.41) is 0. The maximum Gasteiger partial charge on any atom is 0.229 e. The Kier molecular flexibility index (Phi) is 12.4. The Hall–Kier alpha value is -5.04. The molecule has 0 spiro atoms. The van der Waals surface area contributed by atoms with E-state index >= 15 is 0 Å². The van der Waals surface area contributed by atoms with Crippen LogP contribution in [0.4, 0.5) is 17.1 Å². The van der Waals surface area contributed by atoms with Crippen molar-refractivity contribution >= 4 is 82.6 Å². The molecule has 1 fully saturated rings. The predicted octanol–water partition coefficient (Wildman–Crippen LogP) is 10.5. The zero-order chi connectivity index (χ0) is 40.2. The lowest BCUT2D eigenvalue weighted by Crippen LogP contribution is -2.46. The number of aromatic nitrogens is 3. The number of nitrogens with zero attached hydrogens (tertiary/aromatic N) is 6.